The van der Waals surface area contributed by atoms with E-state index in [0.717, 1.165) is 36.9 Å². The van der Waals surface area contributed by atoms with Crippen LogP contribution in [0.2, 0.25) is 0 Å². The Labute approximate surface area is 773 Å². The number of piperazine rings is 1. The highest BCUT2D eigenvalue weighted by Crippen LogP contribution is 2.40. The van der Waals surface area contributed by atoms with Crippen LogP contribution in [-0.4, -0.2) is 99.1 Å². The van der Waals surface area contributed by atoms with E-state index in [0.29, 0.717) is 0 Å². The van der Waals surface area contributed by atoms with Crippen LogP contribution in [0.1, 0.15) is 602 Å². The highest BCUT2D eigenvalue weighted by Gasteiger charge is 2.29. The van der Waals surface area contributed by atoms with Crippen LogP contribution in [0.3, 0.4) is 0 Å². The van der Waals surface area contributed by atoms with E-state index in [4.69, 9.17) is 0 Å². The molecule has 5 nitrogen and oxygen atoms in total. The number of hydrogen-bond acceptors (Lipinski definition) is 5. The van der Waals surface area contributed by atoms with E-state index < -0.39 is 0 Å². The Kier molecular flexibility index (Phi) is 151. The quantitative estimate of drug-likeness (QED) is 0.192. The summed E-state index contributed by atoms with van der Waals surface area (Å²) >= 11 is 0. The normalized spacial score (nSPS) is 22.3. The molecule has 7 heterocycles. The van der Waals surface area contributed by atoms with Gasteiger partial charge in [0.05, 0.1) is 0 Å². The number of hydrogen-bond donors (Lipinski definition) is 0. The van der Waals surface area contributed by atoms with Crippen molar-refractivity contribution in [2.45, 2.75) is 610 Å². The monoisotopic (exact) mass is 1710 g/mol. The molecule has 121 heavy (non-hydrogen) atoms. The minimum Gasteiger partial charge on any atom is -0.304 e. The maximum atomic E-state index is 4.05. The third-order valence-corrected chi connectivity index (χ3v) is 24.0. The van der Waals surface area contributed by atoms with E-state index >= 15 is 0 Å². The standard InChI is InChI=1S/C10H18.C10H12.C8H16N2.C7H13N.C7H14.3C6H12.C6H10.C5H9N.3C5H10.C4H7N.13C2H6/c2*1-2-6-10-8-4-3-7-9(10)5-1;1-9-5-6-10-4-2-3-8(10)7-9;1-4-8-5-2-7(1)3-6-8;1-2-4-6-7-5-3-1;5*1-2-4-6-5-3-1;4*1-2-4-5-3-1;13*1-2/h9-10H,1-8H2;1-2,5-6H,3-4,7-8H2;8H,2-7H2,1H3;7H,1-6H2;1-7H2;3*1-6H2;1-2H,3-6H2;4H,1-3,5H2;3*1-5H2;3H,1-2,4H2;13*1-2H3. The molecule has 5 saturated heterocycles. The van der Waals surface area contributed by atoms with Crippen molar-refractivity contribution in [3.8, 4) is 0 Å². The predicted octanol–water partition coefficient (Wildman–Crippen LogP) is 40.6. The van der Waals surface area contributed by atoms with Crippen molar-refractivity contribution < 1.29 is 0 Å². The average Bonchev–Trinajstić information content (AvgIpc) is 1.51. The summed E-state index contributed by atoms with van der Waals surface area (Å²) in [5, 5.41) is 0. The molecule has 7 aliphatic heterocycles. The summed E-state index contributed by atoms with van der Waals surface area (Å²) in [6.07, 6.45) is 105. The number of aryl methyl sites for hydroxylation is 2. The summed E-state index contributed by atoms with van der Waals surface area (Å²) in [6.45, 7) is 63.6. The second kappa shape index (κ2) is 134. The molecule has 0 N–H and O–H groups in total. The molecule has 2 bridgehead atoms. The van der Waals surface area contributed by atoms with Crippen LogP contribution in [0.25, 0.3) is 0 Å². The van der Waals surface area contributed by atoms with Crippen LogP contribution in [0.15, 0.2) is 46.4 Å². The molecule has 1 atom stereocenters. The minimum atomic E-state index is 0.902. The van der Waals surface area contributed by atoms with Crippen LogP contribution >= 0.6 is 0 Å². The van der Waals surface area contributed by atoms with Gasteiger partial charge in [0, 0.05) is 38.8 Å². The van der Waals surface area contributed by atoms with E-state index in [1.54, 1.807) is 36.8 Å². The van der Waals surface area contributed by atoms with E-state index in [-0.39, 0.29) is 0 Å². The minimum absolute atomic E-state index is 0.902. The molecule has 1 aromatic carbocycles. The number of likely N-dealkylation sites (N-methyl/N-ethyl adjacent to an activating group) is 1. The zero-order chi connectivity index (χ0) is 92.3. The Bertz CT molecular complexity index is 1600. The number of nitrogens with zero attached hydrogens (tertiary/aromatic N) is 5. The summed E-state index contributed by atoms with van der Waals surface area (Å²) in [5.74, 6) is 3.42. The first-order chi connectivity index (χ1) is 60.2. The van der Waals surface area contributed by atoms with E-state index in [1.807, 2.05) is 192 Å². The third-order valence-electron chi connectivity index (χ3n) is 24.0. The molecule has 0 spiro atoms. The maximum absolute atomic E-state index is 4.05. The van der Waals surface area contributed by atoms with Gasteiger partial charge in [-0.3, -0.25) is 14.9 Å². The number of piperidine rings is 3. The van der Waals surface area contributed by atoms with Crippen molar-refractivity contribution in [3.05, 3.63) is 47.5 Å². The van der Waals surface area contributed by atoms with Gasteiger partial charge in [0.1, 0.15) is 0 Å². The molecule has 11 aliphatic carbocycles. The van der Waals surface area contributed by atoms with Gasteiger partial charge in [-0.2, -0.15) is 0 Å². The molecule has 732 valence electrons. The van der Waals surface area contributed by atoms with Crippen LogP contribution in [-0.2, 0) is 12.8 Å². The lowest BCUT2D eigenvalue weighted by Crippen LogP contribution is -2.48. The highest BCUT2D eigenvalue weighted by atomic mass is 15.3. The summed E-state index contributed by atoms with van der Waals surface area (Å²) in [6, 6.07) is 9.70. The Balaban J connectivity index is -0.000000157. The second-order valence-corrected chi connectivity index (χ2v) is 32.4. The molecule has 18 aliphatic rings. The van der Waals surface area contributed by atoms with Crippen molar-refractivity contribution in [2.24, 2.45) is 27.7 Å². The molecule has 19 rings (SSSR count). The Hall–Kier alpha value is -1.82. The van der Waals surface area contributed by atoms with Crippen LogP contribution in [0.5, 0.6) is 0 Å². The lowest BCUT2D eigenvalue weighted by molar-refractivity contribution is 0.111. The molecular weight excluding hydrogens is 1460 g/mol. The largest absolute Gasteiger partial charge is 0.304 e. The summed E-state index contributed by atoms with van der Waals surface area (Å²) < 4.78 is 0. The van der Waals surface area contributed by atoms with Gasteiger partial charge in [-0.25, -0.2) is 0 Å². The van der Waals surface area contributed by atoms with E-state index in [9.17, 15) is 0 Å². The Morgan fingerprint density at radius 1 is 0.231 bits per heavy atom. The average molecular weight is 1710 g/mol. The zero-order valence-corrected chi connectivity index (χ0v) is 90.2. The maximum Gasteiger partial charge on any atom is 0.0388 e. The molecule has 9 saturated carbocycles. The molecule has 0 amide bonds. The topological polar surface area (TPSA) is 34.4 Å². The van der Waals surface area contributed by atoms with Gasteiger partial charge in [0.25, 0.3) is 0 Å². The summed E-state index contributed by atoms with van der Waals surface area (Å²) in [4.78, 5) is 15.7. The molecule has 1 unspecified atom stereocenters. The third kappa shape index (κ3) is 102. The smallest absolute Gasteiger partial charge is 0.0388 e. The fourth-order valence-electron chi connectivity index (χ4n) is 17.5. The van der Waals surface area contributed by atoms with E-state index in [2.05, 4.69) is 68.1 Å². The molecule has 1 aromatic rings. The van der Waals surface area contributed by atoms with Crippen LogP contribution in [0.4, 0.5) is 0 Å². The first kappa shape index (κ1) is 137. The SMILES string of the molecule is C1=CCCCC1.C1=NCCC1.C1=NCCCC1.C1CCC2CCCCC2C1.C1CCCC1.C1CCCC1.C1CCCC1.C1CCCCC1.C1CCCCC1.C1CCCCC1.C1CCCCCC1.C1CN2CCC1CC2.CC.CC.CC.CC.CC.CC.CC.CC.CC.CC.CC.CC.CC.CN1CCN2CCCC2C1.c1ccc2c(c1)CCCC2. The van der Waals surface area contributed by atoms with Crippen molar-refractivity contribution in [2.75, 3.05) is 66.0 Å². The van der Waals surface area contributed by atoms with Gasteiger partial charge in [-0.1, -0.05) is 525 Å². The number of aliphatic imine (C=N–C) groups is 2. The lowest BCUT2D eigenvalue weighted by Gasteiger charge is -2.38. The van der Waals surface area contributed by atoms with Gasteiger partial charge in [-0.05, 0) is 190 Å². The fraction of sp³-hybridized carbons (Fsp3) is 0.914. The van der Waals surface area contributed by atoms with Crippen LogP contribution in [0, 0.1) is 17.8 Å². The Morgan fingerprint density at radius 2 is 0.488 bits per heavy atom. The van der Waals surface area contributed by atoms with E-state index in [1.165, 1.54) is 444 Å². The van der Waals surface area contributed by atoms with Crippen molar-refractivity contribution in [1.29, 1.82) is 0 Å². The van der Waals surface area contributed by atoms with Crippen molar-refractivity contribution in [3.63, 3.8) is 0 Å². The number of benzene rings is 1. The lowest BCUT2D eigenvalue weighted by atomic mass is 9.71. The highest BCUT2D eigenvalue weighted by molar-refractivity contribution is 5.59. The van der Waals surface area contributed by atoms with Gasteiger partial charge < -0.3 is 9.80 Å². The molecule has 0 aromatic heterocycles. The van der Waals surface area contributed by atoms with Gasteiger partial charge >= 0.3 is 0 Å². The molecule has 5 heteroatoms. The number of fused-ring (bicyclic) bond motifs is 6. The zero-order valence-electron chi connectivity index (χ0n) is 90.2. The van der Waals surface area contributed by atoms with Crippen molar-refractivity contribution in [1.82, 2.24) is 14.7 Å². The van der Waals surface area contributed by atoms with Crippen LogP contribution < -0.4 is 0 Å². The first-order valence-electron chi connectivity index (χ1n) is 57.1. The fourth-order valence-corrected chi connectivity index (χ4v) is 17.5. The van der Waals surface area contributed by atoms with Gasteiger partial charge in [0.15, 0.2) is 0 Å². The number of rotatable bonds is 0. The molecular formula is C116H243N5. The van der Waals surface area contributed by atoms with Gasteiger partial charge in [-0.15, -0.1) is 0 Å². The molecule has 14 fully saturated rings. The summed E-state index contributed by atoms with van der Waals surface area (Å²) in [7, 11) is 2.23. The predicted molar refractivity (Wildman–Crippen MR) is 572 cm³/mol. The summed E-state index contributed by atoms with van der Waals surface area (Å²) in [5.41, 5.74) is 3.16. The van der Waals surface area contributed by atoms with Gasteiger partial charge in [0.2, 0.25) is 0 Å². The first-order valence-corrected chi connectivity index (χ1v) is 57.1. The molecule has 0 radical (unpaired) electrons. The number of allylic oxidation sites excluding steroid dienone is 2. The second-order valence-electron chi connectivity index (χ2n) is 32.4. The van der Waals surface area contributed by atoms with Crippen molar-refractivity contribution >= 4 is 12.4 Å². The Morgan fingerprint density at radius 3 is 0.669 bits per heavy atom.